The lowest BCUT2D eigenvalue weighted by Gasteiger charge is -2.19. The van der Waals surface area contributed by atoms with E-state index in [0.717, 1.165) is 12.1 Å². The van der Waals surface area contributed by atoms with Gasteiger partial charge in [-0.15, -0.1) is 0 Å². The fraction of sp³-hybridized carbons (Fsp3) is 0.333. The topological polar surface area (TPSA) is 26.0 Å². The summed E-state index contributed by atoms with van der Waals surface area (Å²) in [6, 6.07) is 2.01. The first-order valence-electron chi connectivity index (χ1n) is 3.77. The van der Waals surface area contributed by atoms with Gasteiger partial charge in [0.25, 0.3) is 0 Å². The maximum atomic E-state index is 13.1. The SMILES string of the molecule is CC(C)(N)c1ccc(F)c(F)c1F. The second-order valence-electron chi connectivity index (χ2n) is 3.44. The first-order valence-corrected chi connectivity index (χ1v) is 3.77. The summed E-state index contributed by atoms with van der Waals surface area (Å²) in [6.07, 6.45) is 0. The average molecular weight is 189 g/mol. The molecule has 0 unspecified atom stereocenters. The Morgan fingerprint density at radius 3 is 2.08 bits per heavy atom. The molecule has 1 nitrogen and oxygen atoms in total. The summed E-state index contributed by atoms with van der Waals surface area (Å²) in [5, 5.41) is 0. The molecule has 0 aromatic heterocycles. The summed E-state index contributed by atoms with van der Waals surface area (Å²) < 4.78 is 38.3. The van der Waals surface area contributed by atoms with Crippen molar-refractivity contribution in [3.05, 3.63) is 35.1 Å². The van der Waals surface area contributed by atoms with E-state index in [9.17, 15) is 13.2 Å². The Bertz CT molecular complexity index is 328. The Morgan fingerprint density at radius 2 is 1.62 bits per heavy atom. The number of nitrogens with two attached hydrogens (primary N) is 1. The second kappa shape index (κ2) is 3.03. The van der Waals surface area contributed by atoms with Crippen molar-refractivity contribution in [3.8, 4) is 0 Å². The van der Waals surface area contributed by atoms with Crippen LogP contribution in [0.25, 0.3) is 0 Å². The highest BCUT2D eigenvalue weighted by Crippen LogP contribution is 2.23. The van der Waals surface area contributed by atoms with Gasteiger partial charge in [-0.1, -0.05) is 6.07 Å². The third kappa shape index (κ3) is 1.83. The van der Waals surface area contributed by atoms with Gasteiger partial charge in [0.2, 0.25) is 0 Å². The van der Waals surface area contributed by atoms with Crippen LogP contribution in [-0.4, -0.2) is 0 Å². The molecule has 0 fully saturated rings. The monoisotopic (exact) mass is 189 g/mol. The zero-order chi connectivity index (χ0) is 10.2. The van der Waals surface area contributed by atoms with Gasteiger partial charge in [0.15, 0.2) is 17.5 Å². The molecule has 72 valence electrons. The van der Waals surface area contributed by atoms with E-state index in [2.05, 4.69) is 0 Å². The Hall–Kier alpha value is -1.03. The molecule has 13 heavy (non-hydrogen) atoms. The van der Waals surface area contributed by atoms with Gasteiger partial charge in [-0.25, -0.2) is 13.2 Å². The van der Waals surface area contributed by atoms with Crippen molar-refractivity contribution < 1.29 is 13.2 Å². The lowest BCUT2D eigenvalue weighted by molar-refractivity contribution is 0.418. The van der Waals surface area contributed by atoms with E-state index in [1.807, 2.05) is 0 Å². The molecule has 0 amide bonds. The maximum absolute atomic E-state index is 13.1. The van der Waals surface area contributed by atoms with Gasteiger partial charge in [-0.3, -0.25) is 0 Å². The fourth-order valence-corrected chi connectivity index (χ4v) is 1.02. The van der Waals surface area contributed by atoms with Crippen LogP contribution in [0.3, 0.4) is 0 Å². The summed E-state index contributed by atoms with van der Waals surface area (Å²) in [5.74, 6) is -3.89. The molecule has 2 N–H and O–H groups in total. The molecule has 0 saturated heterocycles. The molecule has 1 rings (SSSR count). The highest BCUT2D eigenvalue weighted by atomic mass is 19.2. The van der Waals surface area contributed by atoms with E-state index in [0.29, 0.717) is 0 Å². The minimum atomic E-state index is -1.48. The van der Waals surface area contributed by atoms with Gasteiger partial charge < -0.3 is 5.73 Å². The second-order valence-corrected chi connectivity index (χ2v) is 3.44. The lowest BCUT2D eigenvalue weighted by Crippen LogP contribution is -2.30. The van der Waals surface area contributed by atoms with Crippen LogP contribution in [0.4, 0.5) is 13.2 Å². The minimum Gasteiger partial charge on any atom is -0.322 e. The number of hydrogen-bond donors (Lipinski definition) is 1. The van der Waals surface area contributed by atoms with Crippen molar-refractivity contribution in [1.29, 1.82) is 0 Å². The summed E-state index contributed by atoms with van der Waals surface area (Å²) in [4.78, 5) is 0. The maximum Gasteiger partial charge on any atom is 0.194 e. The summed E-state index contributed by atoms with van der Waals surface area (Å²) >= 11 is 0. The predicted molar refractivity (Wildman–Crippen MR) is 43.5 cm³/mol. The van der Waals surface area contributed by atoms with Gasteiger partial charge in [-0.2, -0.15) is 0 Å². The van der Waals surface area contributed by atoms with Gasteiger partial charge in [0, 0.05) is 11.1 Å². The van der Waals surface area contributed by atoms with Crippen molar-refractivity contribution in [2.75, 3.05) is 0 Å². The normalized spacial score (nSPS) is 11.8. The Kier molecular flexibility index (Phi) is 2.34. The minimum absolute atomic E-state index is 0.0357. The molecule has 0 atom stereocenters. The zero-order valence-electron chi connectivity index (χ0n) is 7.37. The van der Waals surface area contributed by atoms with E-state index in [1.165, 1.54) is 13.8 Å². The highest BCUT2D eigenvalue weighted by Gasteiger charge is 2.22. The molecule has 0 heterocycles. The van der Waals surface area contributed by atoms with Crippen molar-refractivity contribution in [3.63, 3.8) is 0 Å². The van der Waals surface area contributed by atoms with E-state index in [1.54, 1.807) is 0 Å². The predicted octanol–water partition coefficient (Wildman–Crippen LogP) is 2.30. The van der Waals surface area contributed by atoms with Gasteiger partial charge in [0.05, 0.1) is 0 Å². The smallest absolute Gasteiger partial charge is 0.194 e. The molecule has 4 heteroatoms. The standard InChI is InChI=1S/C9H10F3N/c1-9(2,13)5-3-4-6(10)8(12)7(5)11/h3-4H,13H2,1-2H3. The van der Waals surface area contributed by atoms with Crippen LogP contribution in [0.15, 0.2) is 12.1 Å². The van der Waals surface area contributed by atoms with Crippen molar-refractivity contribution >= 4 is 0 Å². The van der Waals surface area contributed by atoms with Crippen LogP contribution in [-0.2, 0) is 5.54 Å². The molecule has 0 aliphatic heterocycles. The van der Waals surface area contributed by atoms with Crippen LogP contribution in [0, 0.1) is 17.5 Å². The van der Waals surface area contributed by atoms with Gasteiger partial charge >= 0.3 is 0 Å². The Morgan fingerprint density at radius 1 is 1.08 bits per heavy atom. The number of hydrogen-bond acceptors (Lipinski definition) is 1. The lowest BCUT2D eigenvalue weighted by atomic mass is 9.95. The Balaban J connectivity index is 3.35. The quantitative estimate of drug-likeness (QED) is 0.674. The van der Waals surface area contributed by atoms with E-state index in [4.69, 9.17) is 5.73 Å². The van der Waals surface area contributed by atoms with Gasteiger partial charge in [-0.05, 0) is 19.9 Å². The largest absolute Gasteiger partial charge is 0.322 e. The molecule has 1 aromatic carbocycles. The van der Waals surface area contributed by atoms with E-state index >= 15 is 0 Å². The molecular weight excluding hydrogens is 179 g/mol. The van der Waals surface area contributed by atoms with Crippen LogP contribution >= 0.6 is 0 Å². The van der Waals surface area contributed by atoms with Crippen molar-refractivity contribution in [1.82, 2.24) is 0 Å². The average Bonchev–Trinajstić information content (AvgIpc) is 1.98. The third-order valence-electron chi connectivity index (χ3n) is 1.73. The molecule has 0 saturated carbocycles. The van der Waals surface area contributed by atoms with Crippen LogP contribution in [0.2, 0.25) is 0 Å². The fourth-order valence-electron chi connectivity index (χ4n) is 1.02. The van der Waals surface area contributed by atoms with E-state index < -0.39 is 23.0 Å². The summed E-state index contributed by atoms with van der Waals surface area (Å²) in [7, 11) is 0. The molecule has 0 aliphatic carbocycles. The summed E-state index contributed by atoms with van der Waals surface area (Å²) in [6.45, 7) is 3.03. The highest BCUT2D eigenvalue weighted by molar-refractivity contribution is 5.26. The molecule has 0 spiro atoms. The van der Waals surface area contributed by atoms with Gasteiger partial charge in [0.1, 0.15) is 0 Å². The van der Waals surface area contributed by atoms with E-state index in [-0.39, 0.29) is 5.56 Å². The van der Waals surface area contributed by atoms with Crippen molar-refractivity contribution in [2.45, 2.75) is 19.4 Å². The molecule has 0 bridgehead atoms. The first kappa shape index (κ1) is 10.1. The number of rotatable bonds is 1. The molecule has 0 radical (unpaired) electrons. The van der Waals surface area contributed by atoms with Crippen molar-refractivity contribution in [2.24, 2.45) is 5.73 Å². The van der Waals surface area contributed by atoms with Crippen LogP contribution in [0.5, 0.6) is 0 Å². The number of benzene rings is 1. The molecule has 1 aromatic rings. The number of halogens is 3. The van der Waals surface area contributed by atoms with Crippen LogP contribution < -0.4 is 5.73 Å². The first-order chi connectivity index (χ1) is 5.84. The zero-order valence-corrected chi connectivity index (χ0v) is 7.37. The molecule has 0 aliphatic rings. The molecular formula is C9H10F3N. The Labute approximate surface area is 74.4 Å². The summed E-state index contributed by atoms with van der Waals surface area (Å²) in [5.41, 5.74) is 4.50. The third-order valence-corrected chi connectivity index (χ3v) is 1.73. The van der Waals surface area contributed by atoms with Crippen LogP contribution in [0.1, 0.15) is 19.4 Å².